The molecule has 0 atom stereocenters. The molecule has 1 saturated carbocycles. The molecule has 1 aromatic rings. The van der Waals surface area contributed by atoms with Crippen molar-refractivity contribution in [3.05, 3.63) is 16.5 Å². The van der Waals surface area contributed by atoms with Crippen molar-refractivity contribution in [1.82, 2.24) is 0 Å². The van der Waals surface area contributed by atoms with E-state index in [1.807, 2.05) is 6.92 Å². The predicted octanol–water partition coefficient (Wildman–Crippen LogP) is 3.75. The van der Waals surface area contributed by atoms with Gasteiger partial charge in [0.15, 0.2) is 0 Å². The van der Waals surface area contributed by atoms with Crippen molar-refractivity contribution >= 4 is 28.2 Å². The van der Waals surface area contributed by atoms with Crippen molar-refractivity contribution < 1.29 is 14.3 Å². The summed E-state index contributed by atoms with van der Waals surface area (Å²) in [7, 11) is 1.35. The predicted molar refractivity (Wildman–Crippen MR) is 80.2 cm³/mol. The highest BCUT2D eigenvalue weighted by molar-refractivity contribution is 7.16. The fourth-order valence-electron chi connectivity index (χ4n) is 2.70. The number of methoxy groups -OCH3 is 1. The van der Waals surface area contributed by atoms with Crippen LogP contribution >= 0.6 is 11.3 Å². The molecule has 1 aromatic heterocycles. The molecule has 0 saturated heterocycles. The summed E-state index contributed by atoms with van der Waals surface area (Å²) in [4.78, 5) is 24.7. The van der Waals surface area contributed by atoms with E-state index in [0.717, 1.165) is 17.7 Å². The molecule has 0 radical (unpaired) electrons. The molecule has 0 unspecified atom stereocenters. The van der Waals surface area contributed by atoms with E-state index in [9.17, 15) is 9.59 Å². The molecule has 1 aliphatic rings. The Labute approximate surface area is 123 Å². The Morgan fingerprint density at radius 3 is 2.70 bits per heavy atom. The molecule has 0 aromatic carbocycles. The van der Waals surface area contributed by atoms with E-state index in [2.05, 4.69) is 5.32 Å². The van der Waals surface area contributed by atoms with Crippen LogP contribution in [0.4, 0.5) is 5.00 Å². The zero-order chi connectivity index (χ0) is 14.5. The van der Waals surface area contributed by atoms with E-state index in [1.165, 1.54) is 37.7 Å². The van der Waals surface area contributed by atoms with Gasteiger partial charge >= 0.3 is 5.97 Å². The van der Waals surface area contributed by atoms with Crippen LogP contribution in [0, 0.1) is 12.8 Å². The first-order valence-corrected chi connectivity index (χ1v) is 7.90. The summed E-state index contributed by atoms with van der Waals surface area (Å²) in [6, 6.07) is 1.76. The molecule has 1 fully saturated rings. The van der Waals surface area contributed by atoms with Crippen LogP contribution in [-0.4, -0.2) is 19.0 Å². The van der Waals surface area contributed by atoms with Crippen molar-refractivity contribution in [1.29, 1.82) is 0 Å². The van der Waals surface area contributed by atoms with Gasteiger partial charge in [0.25, 0.3) is 0 Å². The quantitative estimate of drug-likeness (QED) is 0.861. The highest BCUT2D eigenvalue weighted by atomic mass is 32.1. The summed E-state index contributed by atoms with van der Waals surface area (Å²) >= 11 is 1.42. The van der Waals surface area contributed by atoms with Gasteiger partial charge in [-0.1, -0.05) is 19.3 Å². The molecule has 20 heavy (non-hydrogen) atoms. The van der Waals surface area contributed by atoms with Crippen LogP contribution in [0.25, 0.3) is 0 Å². The van der Waals surface area contributed by atoms with Crippen LogP contribution < -0.4 is 5.32 Å². The zero-order valence-electron chi connectivity index (χ0n) is 12.0. The summed E-state index contributed by atoms with van der Waals surface area (Å²) < 4.78 is 4.74. The molecule has 1 N–H and O–H groups in total. The number of hydrogen-bond acceptors (Lipinski definition) is 4. The number of rotatable bonds is 4. The standard InChI is InChI=1S/C15H21NO3S/c1-10-8-12(15(18)19-2)14(20-10)16-13(17)9-11-6-4-3-5-7-11/h8,11H,3-7,9H2,1-2H3,(H,16,17). The minimum Gasteiger partial charge on any atom is -0.465 e. The first-order valence-electron chi connectivity index (χ1n) is 7.08. The fraction of sp³-hybridized carbons (Fsp3) is 0.600. The Morgan fingerprint density at radius 1 is 1.35 bits per heavy atom. The molecule has 0 aliphatic heterocycles. The van der Waals surface area contributed by atoms with Crippen molar-refractivity contribution in [2.24, 2.45) is 5.92 Å². The lowest BCUT2D eigenvalue weighted by atomic mass is 9.87. The van der Waals surface area contributed by atoms with Gasteiger partial charge < -0.3 is 10.1 Å². The van der Waals surface area contributed by atoms with Crippen LogP contribution in [0.2, 0.25) is 0 Å². The van der Waals surface area contributed by atoms with Crippen LogP contribution in [0.3, 0.4) is 0 Å². The molecule has 1 aliphatic carbocycles. The second-order valence-corrected chi connectivity index (χ2v) is 6.60. The monoisotopic (exact) mass is 295 g/mol. The van der Waals surface area contributed by atoms with Crippen LogP contribution in [0.5, 0.6) is 0 Å². The minimum atomic E-state index is -0.401. The summed E-state index contributed by atoms with van der Waals surface area (Å²) in [5.74, 6) is 0.0950. The first kappa shape index (κ1) is 15.0. The van der Waals surface area contributed by atoms with E-state index in [-0.39, 0.29) is 5.91 Å². The van der Waals surface area contributed by atoms with E-state index < -0.39 is 5.97 Å². The number of carbonyl (C=O) groups is 2. The van der Waals surface area contributed by atoms with Gasteiger partial charge in [0, 0.05) is 11.3 Å². The van der Waals surface area contributed by atoms with E-state index >= 15 is 0 Å². The van der Waals surface area contributed by atoms with E-state index in [4.69, 9.17) is 4.74 Å². The third-order valence-corrected chi connectivity index (χ3v) is 4.68. The van der Waals surface area contributed by atoms with Gasteiger partial charge in [-0.05, 0) is 31.7 Å². The maximum Gasteiger partial charge on any atom is 0.340 e. The Morgan fingerprint density at radius 2 is 2.05 bits per heavy atom. The maximum absolute atomic E-state index is 12.1. The molecule has 110 valence electrons. The minimum absolute atomic E-state index is 0.00361. The number of thiophene rings is 1. The van der Waals surface area contributed by atoms with Crippen molar-refractivity contribution in [2.75, 3.05) is 12.4 Å². The van der Waals surface area contributed by atoms with Gasteiger partial charge in [-0.25, -0.2) is 4.79 Å². The van der Waals surface area contributed by atoms with Gasteiger partial charge in [0.05, 0.1) is 12.7 Å². The molecule has 1 heterocycles. The molecular formula is C15H21NO3S. The Balaban J connectivity index is 1.98. The normalized spacial score (nSPS) is 15.9. The topological polar surface area (TPSA) is 55.4 Å². The zero-order valence-corrected chi connectivity index (χ0v) is 12.8. The third kappa shape index (κ3) is 3.82. The Hall–Kier alpha value is -1.36. The van der Waals surface area contributed by atoms with Gasteiger partial charge in [-0.3, -0.25) is 4.79 Å². The number of aryl methyl sites for hydroxylation is 1. The lowest BCUT2D eigenvalue weighted by Gasteiger charge is -2.20. The fourth-order valence-corrected chi connectivity index (χ4v) is 3.62. The summed E-state index contributed by atoms with van der Waals surface area (Å²) in [6.45, 7) is 1.91. The van der Waals surface area contributed by atoms with Crippen molar-refractivity contribution in [3.8, 4) is 0 Å². The molecule has 2 rings (SSSR count). The molecule has 1 amide bonds. The molecular weight excluding hydrogens is 274 g/mol. The van der Waals surface area contributed by atoms with Crippen molar-refractivity contribution in [3.63, 3.8) is 0 Å². The summed E-state index contributed by atoms with van der Waals surface area (Å²) in [5, 5.41) is 3.48. The van der Waals surface area contributed by atoms with Gasteiger partial charge in [-0.2, -0.15) is 0 Å². The van der Waals surface area contributed by atoms with Gasteiger partial charge in [-0.15, -0.1) is 11.3 Å². The summed E-state index contributed by atoms with van der Waals surface area (Å²) in [5.41, 5.74) is 0.451. The highest BCUT2D eigenvalue weighted by Gasteiger charge is 2.20. The number of carbonyl (C=O) groups excluding carboxylic acids is 2. The Bertz CT molecular complexity index is 489. The smallest absolute Gasteiger partial charge is 0.340 e. The lowest BCUT2D eigenvalue weighted by Crippen LogP contribution is -2.19. The van der Waals surface area contributed by atoms with Crippen LogP contribution in [-0.2, 0) is 9.53 Å². The molecule has 4 nitrogen and oxygen atoms in total. The molecule has 5 heteroatoms. The lowest BCUT2D eigenvalue weighted by molar-refractivity contribution is -0.117. The second-order valence-electron chi connectivity index (χ2n) is 5.35. The average molecular weight is 295 g/mol. The largest absolute Gasteiger partial charge is 0.465 e. The number of ether oxygens (including phenoxy) is 1. The number of nitrogens with one attached hydrogen (secondary N) is 1. The van der Waals surface area contributed by atoms with E-state index in [1.54, 1.807) is 6.07 Å². The second kappa shape index (κ2) is 6.88. The van der Waals surface area contributed by atoms with Crippen LogP contribution in [0.1, 0.15) is 53.8 Å². The number of esters is 1. The van der Waals surface area contributed by atoms with Crippen molar-refractivity contribution in [2.45, 2.75) is 45.4 Å². The first-order chi connectivity index (χ1) is 9.60. The number of amides is 1. The maximum atomic E-state index is 12.1. The molecule has 0 spiro atoms. The highest BCUT2D eigenvalue weighted by Crippen LogP contribution is 2.30. The average Bonchev–Trinajstić information content (AvgIpc) is 2.79. The van der Waals surface area contributed by atoms with Crippen LogP contribution in [0.15, 0.2) is 6.07 Å². The third-order valence-electron chi connectivity index (χ3n) is 3.71. The van der Waals surface area contributed by atoms with Gasteiger partial charge in [0.1, 0.15) is 5.00 Å². The Kier molecular flexibility index (Phi) is 5.17. The molecule has 0 bridgehead atoms. The number of anilines is 1. The van der Waals surface area contributed by atoms with E-state index in [0.29, 0.717) is 22.9 Å². The SMILES string of the molecule is COC(=O)c1cc(C)sc1NC(=O)CC1CCCCC1. The van der Waals surface area contributed by atoms with Gasteiger partial charge in [0.2, 0.25) is 5.91 Å². The summed E-state index contributed by atoms with van der Waals surface area (Å²) in [6.07, 6.45) is 6.57. The number of hydrogen-bond donors (Lipinski definition) is 1.